The molecule has 3 nitrogen and oxygen atoms in total. The van der Waals surface area contributed by atoms with Gasteiger partial charge in [-0.15, -0.1) is 11.6 Å². The van der Waals surface area contributed by atoms with E-state index in [1.54, 1.807) is 0 Å². The maximum atomic E-state index is 6.00. The number of anilines is 1. The summed E-state index contributed by atoms with van der Waals surface area (Å²) >= 11 is 6.00. The second-order valence-corrected chi connectivity index (χ2v) is 5.52. The van der Waals surface area contributed by atoms with Crippen molar-refractivity contribution in [1.29, 1.82) is 0 Å². The number of rotatable bonds is 3. The fraction of sp³-hybridized carbons (Fsp3) is 0.643. The van der Waals surface area contributed by atoms with Crippen molar-refractivity contribution in [1.82, 2.24) is 9.88 Å². The zero-order valence-electron chi connectivity index (χ0n) is 10.7. The van der Waals surface area contributed by atoms with Gasteiger partial charge >= 0.3 is 0 Å². The van der Waals surface area contributed by atoms with Gasteiger partial charge in [-0.3, -0.25) is 4.90 Å². The Balaban J connectivity index is 1.71. The lowest BCUT2D eigenvalue weighted by molar-refractivity contribution is 0.260. The van der Waals surface area contributed by atoms with Crippen LogP contribution in [0.4, 0.5) is 5.82 Å². The molecule has 2 aliphatic rings. The second-order valence-electron chi connectivity index (χ2n) is 5.25. The number of nitrogens with zero attached hydrogens (tertiary/aromatic N) is 3. The Hall–Kier alpha value is -0.800. The minimum absolute atomic E-state index is 0.550. The first kappa shape index (κ1) is 12.2. The first-order chi connectivity index (χ1) is 8.88. The van der Waals surface area contributed by atoms with Crippen molar-refractivity contribution in [3.63, 3.8) is 0 Å². The van der Waals surface area contributed by atoms with E-state index in [-0.39, 0.29) is 0 Å². The predicted molar refractivity (Wildman–Crippen MR) is 75.2 cm³/mol. The average Bonchev–Trinajstić information content (AvgIpc) is 3.09. The minimum Gasteiger partial charge on any atom is -0.355 e. The van der Waals surface area contributed by atoms with Crippen LogP contribution in [0, 0.1) is 0 Å². The number of aromatic nitrogens is 1. The Labute approximate surface area is 114 Å². The molecule has 1 aromatic rings. The maximum absolute atomic E-state index is 6.00. The molecule has 2 saturated heterocycles. The first-order valence-corrected chi connectivity index (χ1v) is 7.41. The van der Waals surface area contributed by atoms with Gasteiger partial charge in [-0.1, -0.05) is 6.07 Å². The second kappa shape index (κ2) is 5.45. The molecule has 3 rings (SSSR count). The van der Waals surface area contributed by atoms with E-state index in [9.17, 15) is 0 Å². The average molecular weight is 266 g/mol. The summed E-state index contributed by atoms with van der Waals surface area (Å²) in [5.41, 5.74) is 1.15. The highest BCUT2D eigenvalue weighted by atomic mass is 35.5. The van der Waals surface area contributed by atoms with E-state index in [4.69, 9.17) is 11.6 Å². The van der Waals surface area contributed by atoms with Crippen LogP contribution in [-0.2, 0) is 5.88 Å². The molecule has 18 heavy (non-hydrogen) atoms. The number of alkyl halides is 1. The molecule has 3 heterocycles. The SMILES string of the molecule is ClCc1cccnc1N1CCC(N2CCCC2)C1. The highest BCUT2D eigenvalue weighted by Gasteiger charge is 2.30. The van der Waals surface area contributed by atoms with Gasteiger partial charge in [0.1, 0.15) is 5.82 Å². The predicted octanol–water partition coefficient (Wildman–Crippen LogP) is 2.49. The molecular weight excluding hydrogens is 246 g/mol. The minimum atomic E-state index is 0.550. The highest BCUT2D eigenvalue weighted by Crippen LogP contribution is 2.26. The summed E-state index contributed by atoms with van der Waals surface area (Å²) in [6.45, 7) is 4.79. The van der Waals surface area contributed by atoms with Crippen LogP contribution in [-0.4, -0.2) is 42.1 Å². The van der Waals surface area contributed by atoms with Crippen molar-refractivity contribution in [3.8, 4) is 0 Å². The lowest BCUT2D eigenvalue weighted by Crippen LogP contribution is -2.35. The lowest BCUT2D eigenvalue weighted by atomic mass is 10.2. The standard InChI is InChI=1S/C14H20ClN3/c15-10-12-4-3-6-16-14(12)18-9-5-13(11-18)17-7-1-2-8-17/h3-4,6,13H,1-2,5,7-11H2. The van der Waals surface area contributed by atoms with E-state index >= 15 is 0 Å². The monoisotopic (exact) mass is 265 g/mol. The molecule has 0 aliphatic carbocycles. The molecule has 0 amide bonds. The Morgan fingerprint density at radius 3 is 2.89 bits per heavy atom. The third-order valence-electron chi connectivity index (χ3n) is 4.13. The molecule has 0 N–H and O–H groups in total. The van der Waals surface area contributed by atoms with Crippen molar-refractivity contribution >= 4 is 17.4 Å². The summed E-state index contributed by atoms with van der Waals surface area (Å²) in [6, 6.07) is 4.77. The molecule has 2 aliphatic heterocycles. The van der Waals surface area contributed by atoms with Crippen LogP contribution >= 0.6 is 11.6 Å². The van der Waals surface area contributed by atoms with Gasteiger partial charge in [0.15, 0.2) is 0 Å². The molecule has 98 valence electrons. The van der Waals surface area contributed by atoms with Crippen molar-refractivity contribution in [2.24, 2.45) is 0 Å². The number of halogens is 1. The van der Waals surface area contributed by atoms with Gasteiger partial charge in [0.25, 0.3) is 0 Å². The van der Waals surface area contributed by atoms with Crippen LogP contribution in [0.25, 0.3) is 0 Å². The van der Waals surface area contributed by atoms with E-state index in [2.05, 4.69) is 20.9 Å². The summed E-state index contributed by atoms with van der Waals surface area (Å²) in [5, 5.41) is 0. The van der Waals surface area contributed by atoms with Gasteiger partial charge in [0.05, 0.1) is 5.88 Å². The van der Waals surface area contributed by atoms with Gasteiger partial charge in [-0.25, -0.2) is 4.98 Å². The molecule has 4 heteroatoms. The molecule has 0 saturated carbocycles. The van der Waals surface area contributed by atoms with E-state index in [1.807, 2.05) is 12.3 Å². The maximum Gasteiger partial charge on any atom is 0.132 e. The Kier molecular flexibility index (Phi) is 3.71. The molecule has 1 atom stereocenters. The summed E-state index contributed by atoms with van der Waals surface area (Å²) in [6.07, 6.45) is 5.87. The van der Waals surface area contributed by atoms with E-state index in [0.29, 0.717) is 5.88 Å². The Bertz CT molecular complexity index is 404. The van der Waals surface area contributed by atoms with E-state index < -0.39 is 0 Å². The molecule has 0 spiro atoms. The molecule has 1 aromatic heterocycles. The van der Waals surface area contributed by atoms with Gasteiger partial charge in [0.2, 0.25) is 0 Å². The molecule has 0 aromatic carbocycles. The van der Waals surface area contributed by atoms with E-state index in [0.717, 1.165) is 30.5 Å². The van der Waals surface area contributed by atoms with Crippen LogP contribution in [0.15, 0.2) is 18.3 Å². The third-order valence-corrected chi connectivity index (χ3v) is 4.42. The molecule has 0 radical (unpaired) electrons. The topological polar surface area (TPSA) is 19.4 Å². The Morgan fingerprint density at radius 1 is 1.28 bits per heavy atom. The van der Waals surface area contributed by atoms with Crippen LogP contribution < -0.4 is 4.90 Å². The molecular formula is C14H20ClN3. The number of hydrogen-bond acceptors (Lipinski definition) is 3. The van der Waals surface area contributed by atoms with Gasteiger partial charge in [-0.05, 0) is 38.4 Å². The number of pyridine rings is 1. The number of hydrogen-bond donors (Lipinski definition) is 0. The third kappa shape index (κ3) is 2.34. The highest BCUT2D eigenvalue weighted by molar-refractivity contribution is 6.17. The first-order valence-electron chi connectivity index (χ1n) is 6.87. The van der Waals surface area contributed by atoms with Gasteiger partial charge in [-0.2, -0.15) is 0 Å². The van der Waals surface area contributed by atoms with Crippen molar-refractivity contribution in [2.45, 2.75) is 31.2 Å². The molecule has 0 bridgehead atoms. The Morgan fingerprint density at radius 2 is 2.11 bits per heavy atom. The van der Waals surface area contributed by atoms with Crippen LogP contribution in [0.2, 0.25) is 0 Å². The fourth-order valence-electron chi connectivity index (χ4n) is 3.16. The lowest BCUT2D eigenvalue weighted by Gasteiger charge is -2.24. The smallest absolute Gasteiger partial charge is 0.132 e. The van der Waals surface area contributed by atoms with Crippen LogP contribution in [0.1, 0.15) is 24.8 Å². The van der Waals surface area contributed by atoms with Crippen molar-refractivity contribution in [3.05, 3.63) is 23.9 Å². The number of likely N-dealkylation sites (tertiary alicyclic amines) is 1. The zero-order valence-corrected chi connectivity index (χ0v) is 11.4. The molecule has 1 unspecified atom stereocenters. The van der Waals surface area contributed by atoms with Crippen LogP contribution in [0.5, 0.6) is 0 Å². The fourth-order valence-corrected chi connectivity index (χ4v) is 3.37. The largest absolute Gasteiger partial charge is 0.355 e. The molecule has 2 fully saturated rings. The summed E-state index contributed by atoms with van der Waals surface area (Å²) in [5.74, 6) is 1.64. The summed E-state index contributed by atoms with van der Waals surface area (Å²) in [4.78, 5) is 9.56. The van der Waals surface area contributed by atoms with Crippen LogP contribution in [0.3, 0.4) is 0 Å². The van der Waals surface area contributed by atoms with Gasteiger partial charge < -0.3 is 4.90 Å². The quantitative estimate of drug-likeness (QED) is 0.783. The van der Waals surface area contributed by atoms with Crippen molar-refractivity contribution in [2.75, 3.05) is 31.1 Å². The summed E-state index contributed by atoms with van der Waals surface area (Å²) < 4.78 is 0. The van der Waals surface area contributed by atoms with E-state index in [1.165, 1.54) is 32.4 Å². The summed E-state index contributed by atoms with van der Waals surface area (Å²) in [7, 11) is 0. The van der Waals surface area contributed by atoms with Crippen molar-refractivity contribution < 1.29 is 0 Å². The zero-order chi connectivity index (χ0) is 12.4. The normalized spacial score (nSPS) is 24.9. The van der Waals surface area contributed by atoms with Gasteiger partial charge in [0, 0.05) is 30.9 Å².